The Hall–Kier alpha value is -2.02. The van der Waals surface area contributed by atoms with Crippen molar-refractivity contribution >= 4 is 35.2 Å². The molecule has 2 amide bonds. The molecule has 1 aliphatic heterocycles. The Morgan fingerprint density at radius 3 is 2.66 bits per heavy atom. The molecule has 0 aliphatic carbocycles. The molecule has 1 aliphatic rings. The second kappa shape index (κ2) is 10.7. The van der Waals surface area contributed by atoms with Gasteiger partial charge in [0.25, 0.3) is 0 Å². The van der Waals surface area contributed by atoms with Gasteiger partial charge in [-0.3, -0.25) is 4.90 Å². The maximum atomic E-state index is 13.0. The maximum absolute atomic E-state index is 13.0. The molecule has 0 aromatic heterocycles. The number of hydrogen-bond acceptors (Lipinski definition) is 4. The molecule has 8 heteroatoms. The van der Waals surface area contributed by atoms with E-state index in [0.29, 0.717) is 33.4 Å². The molecule has 2 rings (SSSR count). The number of urea groups is 1. The molecule has 1 N–H and O–H groups in total. The van der Waals surface area contributed by atoms with Crippen molar-refractivity contribution in [2.45, 2.75) is 26.3 Å². The van der Waals surface area contributed by atoms with Gasteiger partial charge in [-0.25, -0.2) is 9.59 Å². The van der Waals surface area contributed by atoms with Crippen molar-refractivity contribution in [2.75, 3.05) is 33.3 Å². The first kappa shape index (κ1) is 23.3. The predicted molar refractivity (Wildman–Crippen MR) is 116 cm³/mol. The first-order valence-corrected chi connectivity index (χ1v) is 10.3. The number of ether oxygens (including phenoxy) is 1. The van der Waals surface area contributed by atoms with E-state index >= 15 is 0 Å². The lowest BCUT2D eigenvalue weighted by molar-refractivity contribution is -0.139. The lowest BCUT2D eigenvalue weighted by Crippen LogP contribution is -2.50. The molecular formula is C21H27Cl2N3O3. The number of esters is 1. The number of nitrogens with zero attached hydrogens (tertiary/aromatic N) is 2. The van der Waals surface area contributed by atoms with Crippen LogP contribution in [-0.2, 0) is 9.53 Å². The summed E-state index contributed by atoms with van der Waals surface area (Å²) in [6, 6.07) is 4.04. The topological polar surface area (TPSA) is 61.9 Å². The van der Waals surface area contributed by atoms with Gasteiger partial charge in [0.1, 0.15) is 0 Å². The van der Waals surface area contributed by atoms with E-state index in [1.54, 1.807) is 31.2 Å². The van der Waals surface area contributed by atoms with Crippen LogP contribution in [0.5, 0.6) is 0 Å². The molecule has 1 heterocycles. The zero-order valence-corrected chi connectivity index (χ0v) is 18.5. The van der Waals surface area contributed by atoms with E-state index in [4.69, 9.17) is 27.9 Å². The second-order valence-electron chi connectivity index (χ2n) is 6.77. The largest absolute Gasteiger partial charge is 0.463 e. The number of likely N-dealkylation sites (N-methyl/N-ethyl adjacent to an activating group) is 1. The summed E-state index contributed by atoms with van der Waals surface area (Å²) in [5, 5.41) is 3.64. The summed E-state index contributed by atoms with van der Waals surface area (Å²) in [5.41, 5.74) is 1.64. The third-order valence-electron chi connectivity index (χ3n) is 4.55. The lowest BCUT2D eigenvalue weighted by atomic mass is 9.94. The van der Waals surface area contributed by atoms with E-state index in [0.717, 1.165) is 13.0 Å². The van der Waals surface area contributed by atoms with E-state index < -0.39 is 12.0 Å². The molecule has 0 saturated heterocycles. The van der Waals surface area contributed by atoms with Crippen molar-refractivity contribution in [1.82, 2.24) is 15.1 Å². The number of amides is 2. The molecule has 0 radical (unpaired) electrons. The summed E-state index contributed by atoms with van der Waals surface area (Å²) in [4.78, 5) is 29.5. The van der Waals surface area contributed by atoms with Crippen LogP contribution >= 0.6 is 23.2 Å². The van der Waals surface area contributed by atoms with E-state index in [2.05, 4.69) is 23.7 Å². The number of nitrogens with one attached hydrogen (secondary N) is 1. The lowest BCUT2D eigenvalue weighted by Gasteiger charge is -2.37. The summed E-state index contributed by atoms with van der Waals surface area (Å²) in [7, 11) is 1.95. The van der Waals surface area contributed by atoms with Gasteiger partial charge in [-0.1, -0.05) is 42.3 Å². The maximum Gasteiger partial charge on any atom is 0.338 e. The van der Waals surface area contributed by atoms with Gasteiger partial charge in [-0.05, 0) is 44.6 Å². The van der Waals surface area contributed by atoms with Crippen LogP contribution in [0.2, 0.25) is 10.0 Å². The highest BCUT2D eigenvalue weighted by atomic mass is 35.5. The van der Waals surface area contributed by atoms with E-state index in [1.165, 1.54) is 4.90 Å². The molecule has 1 aromatic rings. The molecule has 0 bridgehead atoms. The Labute approximate surface area is 182 Å². The fourth-order valence-corrected chi connectivity index (χ4v) is 3.61. The standard InChI is InChI=1S/C21H27Cl2N3O3/c1-5-10-25(4)13-17-18(20(27)29-7-3)19(24-21(28)26(17)11-6-2)14-8-9-15(22)16(23)12-14/h6,8-9,12,19H,2,5,7,10-11,13H2,1,3-4H3,(H,24,28). The van der Waals surface area contributed by atoms with Crippen LogP contribution in [0.3, 0.4) is 0 Å². The summed E-state index contributed by atoms with van der Waals surface area (Å²) in [6.07, 6.45) is 2.57. The minimum absolute atomic E-state index is 0.226. The van der Waals surface area contributed by atoms with Crippen molar-refractivity contribution in [1.29, 1.82) is 0 Å². The average molecular weight is 440 g/mol. The average Bonchev–Trinajstić information content (AvgIpc) is 2.66. The van der Waals surface area contributed by atoms with Gasteiger partial charge in [-0.15, -0.1) is 6.58 Å². The smallest absolute Gasteiger partial charge is 0.338 e. The van der Waals surface area contributed by atoms with Crippen LogP contribution < -0.4 is 5.32 Å². The summed E-state index contributed by atoms with van der Waals surface area (Å²) in [6.45, 7) is 9.30. The molecule has 1 atom stereocenters. The minimum atomic E-state index is -0.692. The highest BCUT2D eigenvalue weighted by Gasteiger charge is 2.38. The Morgan fingerprint density at radius 2 is 2.07 bits per heavy atom. The summed E-state index contributed by atoms with van der Waals surface area (Å²) in [5.74, 6) is -0.475. The van der Waals surface area contributed by atoms with Crippen LogP contribution in [0.25, 0.3) is 0 Å². The van der Waals surface area contributed by atoms with Gasteiger partial charge in [0, 0.05) is 18.8 Å². The molecule has 1 unspecified atom stereocenters. The zero-order chi connectivity index (χ0) is 21.6. The van der Waals surface area contributed by atoms with Crippen LogP contribution in [0.4, 0.5) is 4.79 Å². The number of carbonyl (C=O) groups excluding carboxylic acids is 2. The Morgan fingerprint density at radius 1 is 1.34 bits per heavy atom. The Bertz CT molecular complexity index is 810. The molecule has 29 heavy (non-hydrogen) atoms. The van der Waals surface area contributed by atoms with Gasteiger partial charge in [0.05, 0.1) is 28.3 Å². The summed E-state index contributed by atoms with van der Waals surface area (Å²) >= 11 is 12.2. The van der Waals surface area contributed by atoms with Crippen LogP contribution in [0.15, 0.2) is 42.1 Å². The highest BCUT2D eigenvalue weighted by molar-refractivity contribution is 6.42. The monoisotopic (exact) mass is 439 g/mol. The van der Waals surface area contributed by atoms with Crippen molar-refractivity contribution in [2.24, 2.45) is 0 Å². The second-order valence-corrected chi connectivity index (χ2v) is 7.59. The SMILES string of the molecule is C=CCN1C(=O)NC(c2ccc(Cl)c(Cl)c2)C(C(=O)OCC)=C1CN(C)CCC. The third kappa shape index (κ3) is 5.53. The molecule has 158 valence electrons. The molecule has 1 aromatic carbocycles. The van der Waals surface area contributed by atoms with Gasteiger partial charge in [0.2, 0.25) is 0 Å². The van der Waals surface area contributed by atoms with Gasteiger partial charge in [-0.2, -0.15) is 0 Å². The minimum Gasteiger partial charge on any atom is -0.463 e. The molecule has 0 saturated carbocycles. The van der Waals surface area contributed by atoms with Crippen molar-refractivity contribution in [3.8, 4) is 0 Å². The van der Waals surface area contributed by atoms with Crippen molar-refractivity contribution < 1.29 is 14.3 Å². The number of benzene rings is 1. The van der Waals surface area contributed by atoms with Crippen LogP contribution in [0.1, 0.15) is 31.9 Å². The molecular weight excluding hydrogens is 413 g/mol. The molecule has 6 nitrogen and oxygen atoms in total. The highest BCUT2D eigenvalue weighted by Crippen LogP contribution is 2.34. The normalized spacial score (nSPS) is 16.8. The van der Waals surface area contributed by atoms with Gasteiger partial charge >= 0.3 is 12.0 Å². The van der Waals surface area contributed by atoms with Gasteiger partial charge < -0.3 is 15.0 Å². The van der Waals surface area contributed by atoms with Crippen molar-refractivity contribution in [3.05, 3.63) is 57.7 Å². The van der Waals surface area contributed by atoms with Crippen molar-refractivity contribution in [3.63, 3.8) is 0 Å². The number of halogens is 2. The van der Waals surface area contributed by atoms with Gasteiger partial charge in [0.15, 0.2) is 0 Å². The number of carbonyl (C=O) groups is 2. The fraction of sp³-hybridized carbons (Fsp3) is 0.429. The predicted octanol–water partition coefficient (Wildman–Crippen LogP) is 4.40. The van der Waals surface area contributed by atoms with Crippen LogP contribution in [0, 0.1) is 0 Å². The summed E-state index contributed by atoms with van der Waals surface area (Å²) < 4.78 is 5.34. The third-order valence-corrected chi connectivity index (χ3v) is 5.29. The van der Waals surface area contributed by atoms with Crippen LogP contribution in [-0.4, -0.2) is 55.1 Å². The van der Waals surface area contributed by atoms with E-state index in [-0.39, 0.29) is 19.2 Å². The zero-order valence-electron chi connectivity index (χ0n) is 17.0. The first-order chi connectivity index (χ1) is 13.8. The molecule has 0 fully saturated rings. The fourth-order valence-electron chi connectivity index (χ4n) is 3.30. The Kier molecular flexibility index (Phi) is 8.56. The van der Waals surface area contributed by atoms with E-state index in [1.807, 2.05) is 7.05 Å². The first-order valence-electron chi connectivity index (χ1n) is 9.56. The number of hydrogen-bond donors (Lipinski definition) is 1. The molecule has 0 spiro atoms. The van der Waals surface area contributed by atoms with E-state index in [9.17, 15) is 9.59 Å². The quantitative estimate of drug-likeness (QED) is 0.457. The Balaban J connectivity index is 2.65. The number of rotatable bonds is 9.